The van der Waals surface area contributed by atoms with E-state index in [1.807, 2.05) is 13.8 Å². The van der Waals surface area contributed by atoms with E-state index in [4.69, 9.17) is 11.6 Å². The van der Waals surface area contributed by atoms with Gasteiger partial charge >= 0.3 is 6.03 Å². The van der Waals surface area contributed by atoms with Gasteiger partial charge < -0.3 is 20.2 Å². The van der Waals surface area contributed by atoms with Gasteiger partial charge in [0, 0.05) is 50.7 Å². The second kappa shape index (κ2) is 8.90. The van der Waals surface area contributed by atoms with E-state index >= 15 is 0 Å². The molecule has 11 heteroatoms. The number of hydrogen-bond donors (Lipinski definition) is 2. The number of benzene rings is 1. The van der Waals surface area contributed by atoms with Crippen LogP contribution in [-0.4, -0.2) is 62.9 Å². The average Bonchev–Trinajstić information content (AvgIpc) is 3.06. The molecule has 0 saturated heterocycles. The Morgan fingerprint density at radius 3 is 2.70 bits per heavy atom. The van der Waals surface area contributed by atoms with Crippen molar-refractivity contribution in [1.29, 1.82) is 0 Å². The van der Waals surface area contributed by atoms with Crippen LogP contribution in [0.15, 0.2) is 12.1 Å². The Labute approximate surface area is 195 Å². The zero-order chi connectivity index (χ0) is 24.0. The normalized spacial score (nSPS) is 19.3. The molecule has 0 bridgehead atoms. The molecule has 3 heterocycles. The lowest BCUT2D eigenvalue weighted by Gasteiger charge is -2.28. The Morgan fingerprint density at radius 1 is 1.27 bits per heavy atom. The van der Waals surface area contributed by atoms with E-state index in [2.05, 4.69) is 10.4 Å². The lowest BCUT2D eigenvalue weighted by Crippen LogP contribution is -2.40. The fourth-order valence-corrected chi connectivity index (χ4v) is 4.60. The highest BCUT2D eigenvalue weighted by Gasteiger charge is 2.37. The first-order chi connectivity index (χ1) is 15.6. The molecule has 0 aliphatic carbocycles. The van der Waals surface area contributed by atoms with E-state index in [9.17, 15) is 23.5 Å². The molecule has 3 amide bonds. The van der Waals surface area contributed by atoms with Crippen LogP contribution in [0, 0.1) is 23.5 Å². The molecule has 33 heavy (non-hydrogen) atoms. The van der Waals surface area contributed by atoms with Gasteiger partial charge in [-0.2, -0.15) is 5.10 Å². The minimum atomic E-state index is -0.936. The topological polar surface area (TPSA) is 90.7 Å². The van der Waals surface area contributed by atoms with Crippen molar-refractivity contribution in [2.24, 2.45) is 11.8 Å². The first-order valence-corrected chi connectivity index (χ1v) is 11.2. The molecule has 1 aromatic heterocycles. The Hall–Kier alpha value is -2.72. The Morgan fingerprint density at radius 2 is 2.00 bits per heavy atom. The number of urea groups is 1. The monoisotopic (exact) mass is 481 g/mol. The van der Waals surface area contributed by atoms with E-state index in [0.29, 0.717) is 43.4 Å². The van der Waals surface area contributed by atoms with Crippen molar-refractivity contribution >= 4 is 29.2 Å². The third-order valence-electron chi connectivity index (χ3n) is 6.27. The van der Waals surface area contributed by atoms with Gasteiger partial charge in [-0.25, -0.2) is 13.6 Å². The van der Waals surface area contributed by atoms with E-state index in [1.54, 1.807) is 16.6 Å². The zero-order valence-corrected chi connectivity index (χ0v) is 19.4. The second-order valence-electron chi connectivity index (χ2n) is 8.98. The molecular weight excluding hydrogens is 456 g/mol. The molecule has 2 unspecified atom stereocenters. The number of halogens is 3. The molecule has 8 nitrogen and oxygen atoms in total. The summed E-state index contributed by atoms with van der Waals surface area (Å²) in [6, 6.07) is 1.04. The van der Waals surface area contributed by atoms with Crippen LogP contribution < -0.4 is 5.32 Å². The molecule has 0 spiro atoms. The summed E-state index contributed by atoms with van der Waals surface area (Å²) >= 11 is 5.71. The van der Waals surface area contributed by atoms with Gasteiger partial charge in [0.25, 0.3) is 5.91 Å². The minimum Gasteiger partial charge on any atom is -0.392 e. The van der Waals surface area contributed by atoms with Gasteiger partial charge in [-0.3, -0.25) is 9.48 Å². The predicted molar refractivity (Wildman–Crippen MR) is 118 cm³/mol. The maximum atomic E-state index is 14.1. The van der Waals surface area contributed by atoms with Crippen LogP contribution in [-0.2, 0) is 19.5 Å². The summed E-state index contributed by atoms with van der Waals surface area (Å²) < 4.78 is 29.1. The van der Waals surface area contributed by atoms with E-state index < -0.39 is 23.8 Å². The van der Waals surface area contributed by atoms with Crippen LogP contribution >= 0.6 is 11.6 Å². The van der Waals surface area contributed by atoms with Gasteiger partial charge in [0.05, 0.1) is 29.1 Å². The van der Waals surface area contributed by atoms with Crippen molar-refractivity contribution in [3.8, 4) is 0 Å². The summed E-state index contributed by atoms with van der Waals surface area (Å²) in [5.74, 6) is -2.22. The van der Waals surface area contributed by atoms with Crippen molar-refractivity contribution in [1.82, 2.24) is 19.6 Å². The van der Waals surface area contributed by atoms with Crippen LogP contribution in [0.5, 0.6) is 0 Å². The van der Waals surface area contributed by atoms with Crippen molar-refractivity contribution in [3.05, 3.63) is 45.7 Å². The molecule has 0 saturated carbocycles. The number of carbonyl (C=O) groups excluding carboxylic acids is 2. The molecule has 0 fully saturated rings. The highest BCUT2D eigenvalue weighted by atomic mass is 35.5. The number of amides is 3. The number of fused-ring (bicyclic) bond motifs is 3. The smallest absolute Gasteiger partial charge is 0.322 e. The first kappa shape index (κ1) is 23.4. The largest absolute Gasteiger partial charge is 0.392 e. The molecular formula is C22H26ClF2N5O3. The molecule has 2 aliphatic heterocycles. The lowest BCUT2D eigenvalue weighted by atomic mass is 9.93. The Kier molecular flexibility index (Phi) is 6.32. The van der Waals surface area contributed by atoms with Gasteiger partial charge in [-0.05, 0) is 12.0 Å². The summed E-state index contributed by atoms with van der Waals surface area (Å²) in [7, 11) is 1.69. The number of aliphatic hydroxyl groups is 1. The second-order valence-corrected chi connectivity index (χ2v) is 9.39. The number of anilines is 1. The van der Waals surface area contributed by atoms with Crippen LogP contribution in [0.2, 0.25) is 5.02 Å². The number of carbonyl (C=O) groups is 2. The molecule has 0 radical (unpaired) electrons. The van der Waals surface area contributed by atoms with Gasteiger partial charge in [-0.1, -0.05) is 25.4 Å². The third-order valence-corrected chi connectivity index (χ3v) is 6.56. The molecule has 2 atom stereocenters. The summed E-state index contributed by atoms with van der Waals surface area (Å²) in [6.45, 7) is 5.08. The first-order valence-electron chi connectivity index (χ1n) is 10.8. The predicted octanol–water partition coefficient (Wildman–Crippen LogP) is 3.12. The van der Waals surface area contributed by atoms with Crippen molar-refractivity contribution in [3.63, 3.8) is 0 Å². The molecule has 2 aliphatic rings. The maximum Gasteiger partial charge on any atom is 0.322 e. The van der Waals surface area contributed by atoms with Crippen LogP contribution in [0.4, 0.5) is 19.3 Å². The van der Waals surface area contributed by atoms with Gasteiger partial charge in [0.15, 0.2) is 0 Å². The van der Waals surface area contributed by atoms with Crippen LogP contribution in [0.3, 0.4) is 0 Å². The molecule has 2 aromatic rings. The number of nitrogens with one attached hydrogen (secondary N) is 1. The highest BCUT2D eigenvalue weighted by Crippen LogP contribution is 2.29. The van der Waals surface area contributed by atoms with Gasteiger partial charge in [0.2, 0.25) is 0 Å². The third kappa shape index (κ3) is 4.41. The number of aromatic nitrogens is 2. The molecule has 2 N–H and O–H groups in total. The van der Waals surface area contributed by atoms with Crippen molar-refractivity contribution in [2.75, 3.05) is 25.5 Å². The van der Waals surface area contributed by atoms with Crippen molar-refractivity contribution in [2.45, 2.75) is 39.5 Å². The zero-order valence-electron chi connectivity index (χ0n) is 18.6. The fraction of sp³-hybridized carbons (Fsp3) is 0.500. The highest BCUT2D eigenvalue weighted by molar-refractivity contribution is 6.31. The summed E-state index contributed by atoms with van der Waals surface area (Å²) in [5, 5.41) is 17.4. The molecule has 178 valence electrons. The summed E-state index contributed by atoms with van der Waals surface area (Å²) in [5.41, 5.74) is 1.55. The molecule has 1 aromatic carbocycles. The van der Waals surface area contributed by atoms with Gasteiger partial charge in [0.1, 0.15) is 17.3 Å². The van der Waals surface area contributed by atoms with E-state index in [0.717, 1.165) is 11.8 Å². The van der Waals surface area contributed by atoms with E-state index in [1.165, 1.54) is 4.90 Å². The SMILES string of the molecule is CC(C)C(O)C1CN(C)C(=O)c2c3c(nn2C1)CCN(C(=O)Nc1cc(Cl)c(F)cc1F)C3. The summed E-state index contributed by atoms with van der Waals surface area (Å²) in [4.78, 5) is 29.0. The van der Waals surface area contributed by atoms with E-state index in [-0.39, 0.29) is 35.0 Å². The maximum absolute atomic E-state index is 14.1. The quantitative estimate of drug-likeness (QED) is 0.659. The average molecular weight is 482 g/mol. The lowest BCUT2D eigenvalue weighted by molar-refractivity contribution is 0.0405. The fourth-order valence-electron chi connectivity index (χ4n) is 4.44. The van der Waals surface area contributed by atoms with Crippen molar-refractivity contribution < 1.29 is 23.5 Å². The number of nitrogens with zero attached hydrogens (tertiary/aromatic N) is 4. The Balaban J connectivity index is 1.58. The summed E-state index contributed by atoms with van der Waals surface area (Å²) in [6.07, 6.45) is -0.170. The van der Waals surface area contributed by atoms with Crippen LogP contribution in [0.1, 0.15) is 35.6 Å². The van der Waals surface area contributed by atoms with Crippen LogP contribution in [0.25, 0.3) is 0 Å². The number of hydrogen-bond acceptors (Lipinski definition) is 4. The standard InChI is InChI=1S/C22H26ClF2N5O3/c1-11(2)20(31)12-8-28(3)21(32)19-13-10-29(5-4-17(13)27-30(19)9-12)22(33)26-18-6-14(23)15(24)7-16(18)25/h6-7,11-12,20,31H,4-5,8-10H2,1-3H3,(H,26,33). The Bertz CT molecular complexity index is 1110. The number of aliphatic hydroxyl groups excluding tert-OH is 1. The minimum absolute atomic E-state index is 0.0322. The van der Waals surface area contributed by atoms with Gasteiger partial charge in [-0.15, -0.1) is 0 Å². The number of rotatable bonds is 3. The molecule has 4 rings (SSSR count).